The fraction of sp³-hybridized carbons (Fsp3) is 0.464. The molecule has 4 rings (SSSR count). The molecule has 2 aliphatic rings. The summed E-state index contributed by atoms with van der Waals surface area (Å²) >= 11 is 0. The fourth-order valence-corrected chi connectivity index (χ4v) is 5.62. The number of benzene rings is 2. The molecule has 0 saturated heterocycles. The molecule has 0 bridgehead atoms. The normalized spacial score (nSPS) is 20.4. The van der Waals surface area contributed by atoms with Crippen LogP contribution < -0.4 is 10.6 Å². The zero-order valence-corrected chi connectivity index (χ0v) is 20.4. The quantitative estimate of drug-likeness (QED) is 0.485. The Morgan fingerprint density at radius 2 is 1.66 bits per heavy atom. The smallest absolute Gasteiger partial charge is 0.408 e. The molecule has 186 valence electrons. The van der Waals surface area contributed by atoms with E-state index in [0.29, 0.717) is 25.8 Å². The van der Waals surface area contributed by atoms with Gasteiger partial charge in [0.2, 0.25) is 5.91 Å². The summed E-state index contributed by atoms with van der Waals surface area (Å²) in [6.45, 7) is 4.10. The highest BCUT2D eigenvalue weighted by molar-refractivity contribution is 5.89. The van der Waals surface area contributed by atoms with Crippen LogP contribution in [0.25, 0.3) is 11.1 Å². The molecule has 7 nitrogen and oxygen atoms in total. The Morgan fingerprint density at radius 1 is 1.03 bits per heavy atom. The number of alkyl carbamates (subject to hydrolysis) is 1. The summed E-state index contributed by atoms with van der Waals surface area (Å²) in [7, 11) is 0. The van der Waals surface area contributed by atoms with Gasteiger partial charge in [0.05, 0.1) is 5.92 Å². The van der Waals surface area contributed by atoms with Crippen molar-refractivity contribution in [2.45, 2.75) is 57.4 Å². The van der Waals surface area contributed by atoms with Gasteiger partial charge in [0.15, 0.2) is 0 Å². The van der Waals surface area contributed by atoms with Crippen LogP contribution in [-0.4, -0.2) is 41.8 Å². The molecule has 3 atom stereocenters. The minimum atomic E-state index is -1.14. The average molecular weight is 479 g/mol. The summed E-state index contributed by atoms with van der Waals surface area (Å²) in [4.78, 5) is 37.4. The van der Waals surface area contributed by atoms with Crippen molar-refractivity contribution in [3.8, 4) is 11.1 Å². The highest BCUT2D eigenvalue weighted by Gasteiger charge is 2.38. The van der Waals surface area contributed by atoms with Crippen LogP contribution in [0.5, 0.6) is 0 Å². The van der Waals surface area contributed by atoms with Gasteiger partial charge in [0.25, 0.3) is 0 Å². The average Bonchev–Trinajstić information content (AvgIpc) is 3.44. The van der Waals surface area contributed by atoms with Crippen molar-refractivity contribution >= 4 is 18.0 Å². The van der Waals surface area contributed by atoms with E-state index in [1.807, 2.05) is 31.2 Å². The van der Waals surface area contributed by atoms with Gasteiger partial charge in [-0.2, -0.15) is 0 Å². The Morgan fingerprint density at radius 3 is 2.26 bits per heavy atom. The van der Waals surface area contributed by atoms with Crippen molar-refractivity contribution in [3.63, 3.8) is 0 Å². The second-order valence-electron chi connectivity index (χ2n) is 9.88. The number of carboxylic acid groups (broad SMARTS) is 1. The molecule has 0 aliphatic heterocycles. The molecule has 0 spiro atoms. The van der Waals surface area contributed by atoms with Crippen LogP contribution in [0.1, 0.15) is 63.0 Å². The second kappa shape index (κ2) is 10.5. The van der Waals surface area contributed by atoms with Crippen molar-refractivity contribution in [1.29, 1.82) is 0 Å². The van der Waals surface area contributed by atoms with Crippen LogP contribution in [0.2, 0.25) is 0 Å². The van der Waals surface area contributed by atoms with Crippen molar-refractivity contribution in [2.24, 2.45) is 11.8 Å². The number of carbonyl (C=O) groups is 3. The number of hydrogen-bond acceptors (Lipinski definition) is 4. The van der Waals surface area contributed by atoms with E-state index in [4.69, 9.17) is 4.74 Å². The Bertz CT molecular complexity index is 1050. The molecule has 3 N–H and O–H groups in total. The van der Waals surface area contributed by atoms with Crippen molar-refractivity contribution in [3.05, 3.63) is 59.7 Å². The number of fused-ring (bicyclic) bond motifs is 3. The van der Waals surface area contributed by atoms with Crippen molar-refractivity contribution in [1.82, 2.24) is 10.6 Å². The van der Waals surface area contributed by atoms with Crippen molar-refractivity contribution in [2.75, 3.05) is 13.2 Å². The number of amides is 2. The molecule has 0 aromatic heterocycles. The SMILES string of the molecule is CCCC(C)(NC(=O)OCC1c2ccccc2-c2ccccc21)C(=O)NC[C@@H]1CCC[C@@H]1C(=O)O. The molecule has 0 radical (unpaired) electrons. The van der Waals surface area contributed by atoms with E-state index in [1.54, 1.807) is 6.92 Å². The number of nitrogens with one attached hydrogen (secondary N) is 2. The van der Waals surface area contributed by atoms with Gasteiger partial charge >= 0.3 is 12.1 Å². The third-order valence-electron chi connectivity index (χ3n) is 7.47. The zero-order valence-electron chi connectivity index (χ0n) is 20.4. The number of carboxylic acids is 1. The predicted molar refractivity (Wildman–Crippen MR) is 133 cm³/mol. The van der Waals surface area contributed by atoms with Gasteiger partial charge in [-0.25, -0.2) is 4.79 Å². The molecule has 1 saturated carbocycles. The van der Waals surface area contributed by atoms with Gasteiger partial charge in [-0.3, -0.25) is 9.59 Å². The molecule has 2 aliphatic carbocycles. The first-order chi connectivity index (χ1) is 16.8. The van der Waals surface area contributed by atoms with Crippen LogP contribution >= 0.6 is 0 Å². The van der Waals surface area contributed by atoms with E-state index in [0.717, 1.165) is 35.1 Å². The first-order valence-corrected chi connectivity index (χ1v) is 12.5. The molecule has 0 heterocycles. The molecule has 7 heteroatoms. The summed E-state index contributed by atoms with van der Waals surface area (Å²) in [5.41, 5.74) is 3.41. The maximum absolute atomic E-state index is 13.1. The van der Waals surface area contributed by atoms with E-state index in [1.165, 1.54) is 0 Å². The zero-order chi connectivity index (χ0) is 25.0. The number of hydrogen-bond donors (Lipinski definition) is 3. The lowest BCUT2D eigenvalue weighted by Gasteiger charge is -2.30. The van der Waals surface area contributed by atoms with Gasteiger partial charge in [0, 0.05) is 12.5 Å². The van der Waals surface area contributed by atoms with Crippen molar-refractivity contribution < 1.29 is 24.2 Å². The van der Waals surface area contributed by atoms with Crippen LogP contribution in [0.15, 0.2) is 48.5 Å². The number of ether oxygens (including phenoxy) is 1. The minimum Gasteiger partial charge on any atom is -0.481 e. The largest absolute Gasteiger partial charge is 0.481 e. The molecule has 2 amide bonds. The monoisotopic (exact) mass is 478 g/mol. The summed E-state index contributed by atoms with van der Waals surface area (Å²) < 4.78 is 5.65. The van der Waals surface area contributed by atoms with Crippen LogP contribution in [-0.2, 0) is 14.3 Å². The van der Waals surface area contributed by atoms with E-state index < -0.39 is 23.5 Å². The molecular weight excluding hydrogens is 444 g/mol. The van der Waals surface area contributed by atoms with Crippen LogP contribution in [0.3, 0.4) is 0 Å². The Hall–Kier alpha value is -3.35. The number of rotatable bonds is 9. The molecule has 2 aromatic carbocycles. The highest BCUT2D eigenvalue weighted by Crippen LogP contribution is 2.44. The van der Waals surface area contributed by atoms with Gasteiger partial charge in [0.1, 0.15) is 12.1 Å². The Labute approximate surface area is 206 Å². The first kappa shape index (κ1) is 24.8. The lowest BCUT2D eigenvalue weighted by atomic mass is 9.93. The maximum Gasteiger partial charge on any atom is 0.408 e. The molecule has 35 heavy (non-hydrogen) atoms. The highest BCUT2D eigenvalue weighted by atomic mass is 16.5. The summed E-state index contributed by atoms with van der Waals surface area (Å²) in [6, 6.07) is 16.3. The van der Waals surface area contributed by atoms with Gasteiger partial charge in [-0.05, 0) is 54.4 Å². The second-order valence-corrected chi connectivity index (χ2v) is 9.88. The van der Waals surface area contributed by atoms with E-state index in [9.17, 15) is 19.5 Å². The first-order valence-electron chi connectivity index (χ1n) is 12.5. The van der Waals surface area contributed by atoms with E-state index in [2.05, 4.69) is 34.9 Å². The standard InChI is InChI=1S/C28H34N2O5/c1-3-15-28(2,26(33)29-16-18-9-8-14-19(18)25(31)32)30-27(34)35-17-24-22-12-6-4-10-20(22)21-11-5-7-13-23(21)24/h4-7,10-13,18-19,24H,3,8-9,14-17H2,1-2H3,(H,29,33)(H,30,34)(H,31,32)/t18-,19-,28?/m0/s1. The van der Waals surface area contributed by atoms with Gasteiger partial charge in [-0.15, -0.1) is 0 Å². The molecule has 1 fully saturated rings. The minimum absolute atomic E-state index is 0.0604. The molecule has 1 unspecified atom stereocenters. The summed E-state index contributed by atoms with van der Waals surface area (Å²) in [5, 5.41) is 15.1. The number of carbonyl (C=O) groups excluding carboxylic acids is 2. The third-order valence-corrected chi connectivity index (χ3v) is 7.47. The van der Waals surface area contributed by atoms with Gasteiger partial charge in [-0.1, -0.05) is 68.3 Å². The number of aliphatic carboxylic acids is 1. The molecular formula is C28H34N2O5. The fourth-order valence-electron chi connectivity index (χ4n) is 5.62. The lowest BCUT2D eigenvalue weighted by molar-refractivity contribution is -0.143. The Kier molecular flexibility index (Phi) is 7.43. The predicted octanol–water partition coefficient (Wildman–Crippen LogP) is 4.70. The summed E-state index contributed by atoms with van der Waals surface area (Å²) in [5.74, 6) is -1.70. The maximum atomic E-state index is 13.1. The Balaban J connectivity index is 1.38. The topological polar surface area (TPSA) is 105 Å². The van der Waals surface area contributed by atoms with E-state index >= 15 is 0 Å². The lowest BCUT2D eigenvalue weighted by Crippen LogP contribution is -2.57. The molecule has 2 aromatic rings. The van der Waals surface area contributed by atoms with E-state index in [-0.39, 0.29) is 24.3 Å². The van der Waals surface area contributed by atoms with Crippen LogP contribution in [0.4, 0.5) is 4.79 Å². The summed E-state index contributed by atoms with van der Waals surface area (Å²) in [6.07, 6.45) is 2.76. The van der Waals surface area contributed by atoms with Crippen LogP contribution in [0, 0.1) is 11.8 Å². The van der Waals surface area contributed by atoms with Gasteiger partial charge < -0.3 is 20.5 Å². The third kappa shape index (κ3) is 5.19.